The molecule has 0 saturated heterocycles. The van der Waals surface area contributed by atoms with Crippen molar-refractivity contribution in [2.75, 3.05) is 0 Å². The molecule has 0 unspecified atom stereocenters. The molecule has 1 aromatic heterocycles. The van der Waals surface area contributed by atoms with Gasteiger partial charge in [-0.15, -0.1) is 0 Å². The molecule has 0 radical (unpaired) electrons. The second kappa shape index (κ2) is 3.58. The summed E-state index contributed by atoms with van der Waals surface area (Å²) in [4.78, 5) is 4.55. The maximum absolute atomic E-state index is 4.55. The van der Waals surface area contributed by atoms with Gasteiger partial charge in [0, 0.05) is 11.6 Å². The largest absolute Gasteiger partial charge is 0.256 e. The Kier molecular flexibility index (Phi) is 2.49. The molecule has 16 heavy (non-hydrogen) atoms. The van der Waals surface area contributed by atoms with E-state index in [0.29, 0.717) is 0 Å². The molecule has 2 rings (SSSR count). The first-order chi connectivity index (χ1) is 7.41. The Morgan fingerprint density at radius 3 is 2.44 bits per heavy atom. The maximum Gasteiger partial charge on any atom is 0.0742 e. The molecule has 0 amide bonds. The van der Waals surface area contributed by atoms with Gasteiger partial charge in [0.05, 0.1) is 5.52 Å². The van der Waals surface area contributed by atoms with E-state index in [1.54, 1.807) is 0 Å². The summed E-state index contributed by atoms with van der Waals surface area (Å²) in [5, 5.41) is 1.28. The van der Waals surface area contributed by atoms with Gasteiger partial charge in [-0.25, -0.2) is 0 Å². The van der Waals surface area contributed by atoms with Gasteiger partial charge in [0.2, 0.25) is 0 Å². The minimum atomic E-state index is 0.144. The number of hydrogen-bond donors (Lipinski definition) is 0. The smallest absolute Gasteiger partial charge is 0.0742 e. The SMILES string of the molecule is Cc1cc(C(C)(C)C)c2ncccc2c1C. The van der Waals surface area contributed by atoms with Crippen LogP contribution in [-0.2, 0) is 5.41 Å². The van der Waals surface area contributed by atoms with Crippen molar-refractivity contribution in [2.45, 2.75) is 40.0 Å². The van der Waals surface area contributed by atoms with Crippen molar-refractivity contribution in [3.05, 3.63) is 41.1 Å². The van der Waals surface area contributed by atoms with Crippen molar-refractivity contribution in [1.82, 2.24) is 4.98 Å². The topological polar surface area (TPSA) is 12.9 Å². The monoisotopic (exact) mass is 213 g/mol. The van der Waals surface area contributed by atoms with E-state index in [9.17, 15) is 0 Å². The van der Waals surface area contributed by atoms with Gasteiger partial charge in [0.1, 0.15) is 0 Å². The van der Waals surface area contributed by atoms with Gasteiger partial charge < -0.3 is 0 Å². The third-order valence-electron chi connectivity index (χ3n) is 3.23. The number of nitrogens with zero attached hydrogens (tertiary/aromatic N) is 1. The Bertz CT molecular complexity index is 533. The Hall–Kier alpha value is -1.37. The summed E-state index contributed by atoms with van der Waals surface area (Å²) in [5.74, 6) is 0. The molecule has 0 aliphatic heterocycles. The molecule has 1 aromatic carbocycles. The summed E-state index contributed by atoms with van der Waals surface area (Å²) in [6, 6.07) is 6.46. The molecular formula is C15H19N. The number of hydrogen-bond acceptors (Lipinski definition) is 1. The van der Waals surface area contributed by atoms with E-state index in [4.69, 9.17) is 0 Å². The van der Waals surface area contributed by atoms with E-state index in [1.807, 2.05) is 12.3 Å². The van der Waals surface area contributed by atoms with Crippen LogP contribution in [-0.4, -0.2) is 4.98 Å². The molecule has 1 heteroatoms. The predicted octanol–water partition coefficient (Wildman–Crippen LogP) is 4.15. The molecule has 1 heterocycles. The molecule has 0 aliphatic carbocycles. The van der Waals surface area contributed by atoms with E-state index < -0.39 is 0 Å². The average Bonchev–Trinajstić information content (AvgIpc) is 2.22. The third-order valence-corrected chi connectivity index (χ3v) is 3.23. The number of aromatic nitrogens is 1. The first-order valence-electron chi connectivity index (χ1n) is 5.76. The second-order valence-electron chi connectivity index (χ2n) is 5.52. The quantitative estimate of drug-likeness (QED) is 0.640. The van der Waals surface area contributed by atoms with Crippen LogP contribution in [0.5, 0.6) is 0 Å². The molecule has 0 atom stereocenters. The van der Waals surface area contributed by atoms with Crippen LogP contribution in [0.15, 0.2) is 24.4 Å². The van der Waals surface area contributed by atoms with Crippen molar-refractivity contribution in [2.24, 2.45) is 0 Å². The van der Waals surface area contributed by atoms with E-state index in [1.165, 1.54) is 22.1 Å². The van der Waals surface area contributed by atoms with Gasteiger partial charge in [-0.1, -0.05) is 32.9 Å². The summed E-state index contributed by atoms with van der Waals surface area (Å²) >= 11 is 0. The highest BCUT2D eigenvalue weighted by Gasteiger charge is 2.19. The highest BCUT2D eigenvalue weighted by Crippen LogP contribution is 2.31. The van der Waals surface area contributed by atoms with Crippen molar-refractivity contribution in [3.63, 3.8) is 0 Å². The van der Waals surface area contributed by atoms with E-state index in [0.717, 1.165) is 5.52 Å². The lowest BCUT2D eigenvalue weighted by atomic mass is 9.83. The van der Waals surface area contributed by atoms with Gasteiger partial charge in [-0.3, -0.25) is 4.98 Å². The Morgan fingerprint density at radius 1 is 1.12 bits per heavy atom. The highest BCUT2D eigenvalue weighted by atomic mass is 14.7. The van der Waals surface area contributed by atoms with Crippen LogP contribution in [0, 0.1) is 13.8 Å². The first kappa shape index (κ1) is 11.1. The number of aryl methyl sites for hydroxylation is 2. The Balaban J connectivity index is 2.91. The lowest BCUT2D eigenvalue weighted by molar-refractivity contribution is 0.594. The molecule has 0 aliphatic rings. The molecule has 0 spiro atoms. The summed E-state index contributed by atoms with van der Waals surface area (Å²) in [6.07, 6.45) is 1.88. The third kappa shape index (κ3) is 1.71. The molecule has 2 aromatic rings. The van der Waals surface area contributed by atoms with Crippen LogP contribution in [0.1, 0.15) is 37.5 Å². The highest BCUT2D eigenvalue weighted by molar-refractivity contribution is 5.86. The standard InChI is InChI=1S/C15H19N/c1-10-9-13(15(3,4)5)14-12(11(10)2)7-6-8-16-14/h6-9H,1-5H3. The minimum absolute atomic E-state index is 0.144. The van der Waals surface area contributed by atoms with Gasteiger partial charge in [-0.05, 0) is 42.0 Å². The lowest BCUT2D eigenvalue weighted by Crippen LogP contribution is -2.13. The average molecular weight is 213 g/mol. The fourth-order valence-corrected chi connectivity index (χ4v) is 2.10. The van der Waals surface area contributed by atoms with Crippen LogP contribution >= 0.6 is 0 Å². The normalized spacial score (nSPS) is 12.1. The first-order valence-corrected chi connectivity index (χ1v) is 5.76. The summed E-state index contributed by atoms with van der Waals surface area (Å²) in [6.45, 7) is 11.1. The van der Waals surface area contributed by atoms with Crippen LogP contribution in [0.2, 0.25) is 0 Å². The van der Waals surface area contributed by atoms with Crippen molar-refractivity contribution in [1.29, 1.82) is 0 Å². The number of fused-ring (bicyclic) bond motifs is 1. The zero-order valence-corrected chi connectivity index (χ0v) is 10.8. The van der Waals surface area contributed by atoms with Crippen LogP contribution in [0.25, 0.3) is 10.9 Å². The van der Waals surface area contributed by atoms with E-state index >= 15 is 0 Å². The molecule has 0 N–H and O–H groups in total. The Morgan fingerprint density at radius 2 is 1.81 bits per heavy atom. The minimum Gasteiger partial charge on any atom is -0.256 e. The van der Waals surface area contributed by atoms with Gasteiger partial charge >= 0.3 is 0 Å². The Labute approximate surface area is 97.5 Å². The lowest BCUT2D eigenvalue weighted by Gasteiger charge is -2.22. The van der Waals surface area contributed by atoms with E-state index in [-0.39, 0.29) is 5.41 Å². The zero-order chi connectivity index (χ0) is 11.9. The van der Waals surface area contributed by atoms with Crippen LogP contribution < -0.4 is 0 Å². The molecular weight excluding hydrogens is 194 g/mol. The fraction of sp³-hybridized carbons (Fsp3) is 0.400. The molecule has 0 bridgehead atoms. The molecule has 0 saturated carbocycles. The van der Waals surface area contributed by atoms with Crippen LogP contribution in [0.3, 0.4) is 0 Å². The predicted molar refractivity (Wildman–Crippen MR) is 69.9 cm³/mol. The molecule has 0 fully saturated rings. The zero-order valence-electron chi connectivity index (χ0n) is 10.8. The van der Waals surface area contributed by atoms with Crippen LogP contribution in [0.4, 0.5) is 0 Å². The number of benzene rings is 1. The van der Waals surface area contributed by atoms with Crippen molar-refractivity contribution < 1.29 is 0 Å². The van der Waals surface area contributed by atoms with Gasteiger partial charge in [0.25, 0.3) is 0 Å². The van der Waals surface area contributed by atoms with Gasteiger partial charge in [-0.2, -0.15) is 0 Å². The van der Waals surface area contributed by atoms with Crippen molar-refractivity contribution in [3.8, 4) is 0 Å². The van der Waals surface area contributed by atoms with Crippen molar-refractivity contribution >= 4 is 10.9 Å². The summed E-state index contributed by atoms with van der Waals surface area (Å²) < 4.78 is 0. The van der Waals surface area contributed by atoms with E-state index in [2.05, 4.69) is 51.7 Å². The second-order valence-corrected chi connectivity index (χ2v) is 5.52. The fourth-order valence-electron chi connectivity index (χ4n) is 2.10. The molecule has 84 valence electrons. The number of pyridine rings is 1. The van der Waals surface area contributed by atoms with Gasteiger partial charge in [0.15, 0.2) is 0 Å². The number of rotatable bonds is 0. The molecule has 1 nitrogen and oxygen atoms in total. The summed E-state index contributed by atoms with van der Waals surface area (Å²) in [5.41, 5.74) is 5.33. The summed E-state index contributed by atoms with van der Waals surface area (Å²) in [7, 11) is 0. The maximum atomic E-state index is 4.55.